The van der Waals surface area contributed by atoms with Crippen LogP contribution in [0.1, 0.15) is 21.6 Å². The Balaban J connectivity index is 2.37. The zero-order valence-electron chi connectivity index (χ0n) is 9.15. The van der Waals surface area contributed by atoms with Crippen molar-refractivity contribution < 1.29 is 4.79 Å². The normalized spacial score (nSPS) is 10.1. The first-order chi connectivity index (χ1) is 7.70. The highest BCUT2D eigenvalue weighted by molar-refractivity contribution is 7.14. The van der Waals surface area contributed by atoms with Gasteiger partial charge in [0.2, 0.25) is 0 Å². The molecule has 0 atom stereocenters. The fourth-order valence-corrected chi connectivity index (χ4v) is 2.19. The summed E-state index contributed by atoms with van der Waals surface area (Å²) < 4.78 is 0. The van der Waals surface area contributed by atoms with E-state index in [1.165, 1.54) is 0 Å². The second-order valence-corrected chi connectivity index (χ2v) is 4.48. The SMILES string of the molecule is Cc1ccc(C=O)c(Nc2sccc2C)n1. The second kappa shape index (κ2) is 4.45. The van der Waals surface area contributed by atoms with Gasteiger partial charge < -0.3 is 5.32 Å². The second-order valence-electron chi connectivity index (χ2n) is 3.57. The minimum absolute atomic E-state index is 0.582. The zero-order valence-corrected chi connectivity index (χ0v) is 9.97. The monoisotopic (exact) mass is 232 g/mol. The molecule has 2 aromatic heterocycles. The molecule has 82 valence electrons. The van der Waals surface area contributed by atoms with Gasteiger partial charge in [0, 0.05) is 5.69 Å². The molecule has 0 aliphatic heterocycles. The van der Waals surface area contributed by atoms with Gasteiger partial charge in [-0.1, -0.05) is 0 Å². The van der Waals surface area contributed by atoms with E-state index in [9.17, 15) is 4.79 Å². The van der Waals surface area contributed by atoms with Crippen LogP contribution in [-0.4, -0.2) is 11.3 Å². The van der Waals surface area contributed by atoms with Gasteiger partial charge >= 0.3 is 0 Å². The number of nitrogens with zero attached hydrogens (tertiary/aromatic N) is 1. The van der Waals surface area contributed by atoms with Gasteiger partial charge in [0.25, 0.3) is 0 Å². The number of thiophene rings is 1. The lowest BCUT2D eigenvalue weighted by Crippen LogP contribution is -1.99. The van der Waals surface area contributed by atoms with Crippen LogP contribution < -0.4 is 5.32 Å². The van der Waals surface area contributed by atoms with Crippen LogP contribution in [0, 0.1) is 13.8 Å². The molecular formula is C12H12N2OS. The van der Waals surface area contributed by atoms with Gasteiger partial charge in [0.1, 0.15) is 5.82 Å². The van der Waals surface area contributed by atoms with Gasteiger partial charge in [-0.2, -0.15) is 0 Å². The summed E-state index contributed by atoms with van der Waals surface area (Å²) in [6, 6.07) is 5.64. The molecule has 0 saturated heterocycles. The molecule has 0 fully saturated rings. The van der Waals surface area contributed by atoms with E-state index >= 15 is 0 Å². The summed E-state index contributed by atoms with van der Waals surface area (Å²) in [5, 5.41) is 6.23. The molecule has 2 rings (SSSR count). The molecule has 0 aliphatic rings. The lowest BCUT2D eigenvalue weighted by molar-refractivity contribution is 0.112. The molecule has 0 bridgehead atoms. The largest absolute Gasteiger partial charge is 0.331 e. The molecule has 0 aromatic carbocycles. The van der Waals surface area contributed by atoms with Crippen molar-refractivity contribution in [1.82, 2.24) is 4.98 Å². The molecule has 0 unspecified atom stereocenters. The van der Waals surface area contributed by atoms with Crippen LogP contribution in [0.3, 0.4) is 0 Å². The molecule has 1 N–H and O–H groups in total. The van der Waals surface area contributed by atoms with Crippen LogP contribution in [0.25, 0.3) is 0 Å². The number of carbonyl (C=O) groups excluding carboxylic acids is 1. The van der Waals surface area contributed by atoms with Crippen molar-refractivity contribution in [3.05, 3.63) is 40.4 Å². The number of nitrogens with one attached hydrogen (secondary N) is 1. The number of aryl methyl sites for hydroxylation is 2. The smallest absolute Gasteiger partial charge is 0.153 e. The summed E-state index contributed by atoms with van der Waals surface area (Å²) in [7, 11) is 0. The number of anilines is 2. The highest BCUT2D eigenvalue weighted by Crippen LogP contribution is 2.26. The highest BCUT2D eigenvalue weighted by Gasteiger charge is 2.06. The Kier molecular flexibility index (Phi) is 3.01. The quantitative estimate of drug-likeness (QED) is 0.825. The molecule has 16 heavy (non-hydrogen) atoms. The van der Waals surface area contributed by atoms with Crippen LogP contribution in [0.4, 0.5) is 10.8 Å². The number of aromatic nitrogens is 1. The summed E-state index contributed by atoms with van der Waals surface area (Å²) in [6.07, 6.45) is 0.817. The molecule has 3 nitrogen and oxygen atoms in total. The van der Waals surface area contributed by atoms with E-state index < -0.39 is 0 Å². The van der Waals surface area contributed by atoms with Crippen LogP contribution >= 0.6 is 11.3 Å². The van der Waals surface area contributed by atoms with Crippen molar-refractivity contribution in [2.24, 2.45) is 0 Å². The van der Waals surface area contributed by atoms with E-state index in [2.05, 4.69) is 10.3 Å². The standard InChI is InChI=1S/C12H12N2OS/c1-8-5-6-16-12(8)14-11-10(7-15)4-3-9(2)13-11/h3-7H,1-2H3,(H,13,14). The van der Waals surface area contributed by atoms with Crippen LogP contribution in [0.15, 0.2) is 23.6 Å². The van der Waals surface area contributed by atoms with Crippen molar-refractivity contribution in [1.29, 1.82) is 0 Å². The molecule has 0 aliphatic carbocycles. The maximum Gasteiger partial charge on any atom is 0.153 e. The van der Waals surface area contributed by atoms with Crippen molar-refractivity contribution in [3.8, 4) is 0 Å². The fraction of sp³-hybridized carbons (Fsp3) is 0.167. The number of aldehydes is 1. The maximum absolute atomic E-state index is 10.9. The first-order valence-corrected chi connectivity index (χ1v) is 5.82. The summed E-state index contributed by atoms with van der Waals surface area (Å²) in [5.41, 5.74) is 2.63. The van der Waals surface area contributed by atoms with Crippen molar-refractivity contribution in [3.63, 3.8) is 0 Å². The first kappa shape index (κ1) is 10.8. The Morgan fingerprint density at radius 1 is 1.31 bits per heavy atom. The minimum atomic E-state index is 0.582. The number of carbonyl (C=O) groups is 1. The van der Waals surface area contributed by atoms with E-state index in [1.807, 2.05) is 31.4 Å². The Morgan fingerprint density at radius 3 is 2.75 bits per heavy atom. The van der Waals surface area contributed by atoms with Crippen LogP contribution in [0.2, 0.25) is 0 Å². The van der Waals surface area contributed by atoms with Crippen molar-refractivity contribution in [2.75, 3.05) is 5.32 Å². The molecule has 2 aromatic rings. The average Bonchev–Trinajstić information content (AvgIpc) is 2.65. The molecule has 2 heterocycles. The van der Waals surface area contributed by atoms with Gasteiger partial charge in [0.15, 0.2) is 6.29 Å². The average molecular weight is 232 g/mol. The van der Waals surface area contributed by atoms with Gasteiger partial charge in [0.05, 0.1) is 10.6 Å². The van der Waals surface area contributed by atoms with E-state index in [0.717, 1.165) is 22.5 Å². The van der Waals surface area contributed by atoms with Crippen LogP contribution in [0.5, 0.6) is 0 Å². The van der Waals surface area contributed by atoms with Crippen molar-refractivity contribution in [2.45, 2.75) is 13.8 Å². The Labute approximate surface area is 98.2 Å². The summed E-state index contributed by atoms with van der Waals surface area (Å²) >= 11 is 1.60. The molecule has 0 spiro atoms. The molecule has 0 amide bonds. The lowest BCUT2D eigenvalue weighted by Gasteiger charge is -2.07. The number of hydrogen-bond donors (Lipinski definition) is 1. The van der Waals surface area contributed by atoms with Crippen LogP contribution in [-0.2, 0) is 0 Å². The third kappa shape index (κ3) is 2.12. The maximum atomic E-state index is 10.9. The Hall–Kier alpha value is -1.68. The third-order valence-corrected chi connectivity index (χ3v) is 3.22. The summed E-state index contributed by atoms with van der Waals surface area (Å²) in [5.74, 6) is 0.626. The Morgan fingerprint density at radius 2 is 2.12 bits per heavy atom. The van der Waals surface area contributed by atoms with Crippen molar-refractivity contribution >= 4 is 28.4 Å². The highest BCUT2D eigenvalue weighted by atomic mass is 32.1. The molecular weight excluding hydrogens is 220 g/mol. The van der Waals surface area contributed by atoms with E-state index in [0.29, 0.717) is 11.4 Å². The first-order valence-electron chi connectivity index (χ1n) is 4.94. The third-order valence-electron chi connectivity index (χ3n) is 2.29. The fourth-order valence-electron chi connectivity index (χ4n) is 1.37. The molecule has 4 heteroatoms. The van der Waals surface area contributed by atoms with E-state index in [4.69, 9.17) is 0 Å². The summed E-state index contributed by atoms with van der Waals surface area (Å²) in [4.78, 5) is 15.2. The summed E-state index contributed by atoms with van der Waals surface area (Å²) in [6.45, 7) is 3.93. The Bertz CT molecular complexity index is 519. The number of hydrogen-bond acceptors (Lipinski definition) is 4. The minimum Gasteiger partial charge on any atom is -0.331 e. The molecule has 0 saturated carbocycles. The topological polar surface area (TPSA) is 42.0 Å². The van der Waals surface area contributed by atoms with Gasteiger partial charge in [-0.3, -0.25) is 4.79 Å². The number of rotatable bonds is 3. The lowest BCUT2D eigenvalue weighted by atomic mass is 10.2. The molecule has 0 radical (unpaired) electrons. The predicted molar refractivity (Wildman–Crippen MR) is 66.7 cm³/mol. The number of pyridine rings is 1. The zero-order chi connectivity index (χ0) is 11.5. The van der Waals surface area contributed by atoms with E-state index in [-0.39, 0.29) is 0 Å². The van der Waals surface area contributed by atoms with Gasteiger partial charge in [-0.05, 0) is 43.0 Å². The predicted octanol–water partition coefficient (Wildman–Crippen LogP) is 3.32. The van der Waals surface area contributed by atoms with Gasteiger partial charge in [-0.25, -0.2) is 4.98 Å². The van der Waals surface area contributed by atoms with Gasteiger partial charge in [-0.15, -0.1) is 11.3 Å². The van der Waals surface area contributed by atoms with E-state index in [1.54, 1.807) is 17.4 Å².